The number of amides is 1. The molecule has 1 fully saturated rings. The maximum Gasteiger partial charge on any atom is 0.237 e. The molecule has 0 unspecified atom stereocenters. The molecule has 2 aromatic heterocycles. The van der Waals surface area contributed by atoms with Gasteiger partial charge in [0, 0.05) is 19.2 Å². The van der Waals surface area contributed by atoms with Crippen molar-refractivity contribution in [1.82, 2.24) is 25.2 Å². The Balaban J connectivity index is 1.55. The Morgan fingerprint density at radius 3 is 3.23 bits per heavy atom. The van der Waals surface area contributed by atoms with Crippen LogP contribution in [0.2, 0.25) is 0 Å². The molecule has 0 saturated carbocycles. The number of hydrogen-bond acceptors (Lipinski definition) is 5. The van der Waals surface area contributed by atoms with E-state index in [1.54, 1.807) is 18.6 Å². The first-order valence-corrected chi connectivity index (χ1v) is 7.71. The predicted octanol–water partition coefficient (Wildman–Crippen LogP) is 0.518. The van der Waals surface area contributed by atoms with E-state index in [0.29, 0.717) is 24.8 Å². The molecular weight excluding hydrogens is 280 g/mol. The first kappa shape index (κ1) is 14.8. The molecule has 2 atom stereocenters. The minimum absolute atomic E-state index is 0.0666. The van der Waals surface area contributed by atoms with Crippen LogP contribution in [-0.4, -0.2) is 39.6 Å². The van der Waals surface area contributed by atoms with Crippen LogP contribution in [0, 0.1) is 5.92 Å². The van der Waals surface area contributed by atoms with E-state index in [0.717, 1.165) is 30.4 Å². The summed E-state index contributed by atoms with van der Waals surface area (Å²) < 4.78 is 1.98. The van der Waals surface area contributed by atoms with Gasteiger partial charge in [0.2, 0.25) is 5.91 Å². The molecule has 0 radical (unpaired) electrons. The Bertz CT molecular complexity index is 667. The van der Waals surface area contributed by atoms with Gasteiger partial charge < -0.3 is 20.9 Å². The summed E-state index contributed by atoms with van der Waals surface area (Å²) in [5, 5.41) is 6.27. The molecule has 0 bridgehead atoms. The Hall–Kier alpha value is -2.15. The second kappa shape index (κ2) is 6.31. The number of fused-ring (bicyclic) bond motifs is 1. The average Bonchev–Trinajstić information content (AvgIpc) is 2.89. The fourth-order valence-corrected chi connectivity index (χ4v) is 2.88. The minimum atomic E-state index is -0.0666. The van der Waals surface area contributed by atoms with Crippen molar-refractivity contribution in [1.29, 1.82) is 0 Å². The second-order valence-corrected chi connectivity index (χ2v) is 5.96. The number of imidazole rings is 1. The Kier molecular flexibility index (Phi) is 4.24. The van der Waals surface area contributed by atoms with E-state index in [4.69, 9.17) is 5.73 Å². The third-order valence-electron chi connectivity index (χ3n) is 4.16. The van der Waals surface area contributed by atoms with Gasteiger partial charge in [0.1, 0.15) is 11.3 Å². The van der Waals surface area contributed by atoms with Crippen LogP contribution in [0.3, 0.4) is 0 Å². The average molecular weight is 302 g/mol. The van der Waals surface area contributed by atoms with Crippen molar-refractivity contribution in [2.75, 3.05) is 18.8 Å². The van der Waals surface area contributed by atoms with Crippen LogP contribution in [0.15, 0.2) is 18.6 Å². The normalized spacial score (nSPS) is 21.9. The number of aromatic nitrogens is 3. The maximum absolute atomic E-state index is 12.2. The summed E-state index contributed by atoms with van der Waals surface area (Å²) in [5.41, 5.74) is 7.45. The van der Waals surface area contributed by atoms with Crippen molar-refractivity contribution in [2.45, 2.75) is 32.4 Å². The number of nitrogens with zero attached hydrogens (tertiary/aromatic N) is 3. The van der Waals surface area contributed by atoms with Gasteiger partial charge in [-0.15, -0.1) is 0 Å². The molecule has 0 aliphatic carbocycles. The van der Waals surface area contributed by atoms with Gasteiger partial charge in [-0.2, -0.15) is 0 Å². The number of nitrogen functional groups attached to an aromatic ring is 1. The van der Waals surface area contributed by atoms with E-state index in [2.05, 4.69) is 27.5 Å². The summed E-state index contributed by atoms with van der Waals surface area (Å²) in [5.74, 6) is 1.15. The minimum Gasteiger partial charge on any atom is -0.384 e. The molecule has 4 N–H and O–H groups in total. The lowest BCUT2D eigenvalue weighted by molar-refractivity contribution is -0.124. The molecule has 22 heavy (non-hydrogen) atoms. The van der Waals surface area contributed by atoms with E-state index < -0.39 is 0 Å². The Morgan fingerprint density at radius 2 is 2.41 bits per heavy atom. The zero-order chi connectivity index (χ0) is 15.5. The molecule has 1 saturated heterocycles. The lowest BCUT2D eigenvalue weighted by Crippen LogP contribution is -2.48. The van der Waals surface area contributed by atoms with Crippen molar-refractivity contribution in [2.24, 2.45) is 5.92 Å². The summed E-state index contributed by atoms with van der Waals surface area (Å²) in [6.45, 7) is 4.34. The number of hydrogen-bond donors (Lipinski definition) is 3. The summed E-state index contributed by atoms with van der Waals surface area (Å²) in [6.07, 6.45) is 5.45. The molecule has 3 heterocycles. The number of carbonyl (C=O) groups excluding carboxylic acids is 1. The Labute approximate surface area is 129 Å². The van der Waals surface area contributed by atoms with Crippen LogP contribution in [0.25, 0.3) is 11.0 Å². The number of pyridine rings is 1. The quantitative estimate of drug-likeness (QED) is 0.765. The van der Waals surface area contributed by atoms with Gasteiger partial charge in [-0.25, -0.2) is 9.97 Å². The summed E-state index contributed by atoms with van der Waals surface area (Å²) in [4.78, 5) is 20.5. The molecule has 0 spiro atoms. The number of carbonyl (C=O) groups is 1. The van der Waals surface area contributed by atoms with Gasteiger partial charge in [0.05, 0.1) is 24.1 Å². The lowest BCUT2D eigenvalue weighted by Gasteiger charge is -2.27. The first-order chi connectivity index (χ1) is 10.6. The van der Waals surface area contributed by atoms with Crippen molar-refractivity contribution < 1.29 is 4.79 Å². The van der Waals surface area contributed by atoms with Crippen molar-refractivity contribution in [3.63, 3.8) is 0 Å². The molecule has 118 valence electrons. The lowest BCUT2D eigenvalue weighted by atomic mass is 9.94. The van der Waals surface area contributed by atoms with Crippen molar-refractivity contribution in [3.05, 3.63) is 18.6 Å². The van der Waals surface area contributed by atoms with Crippen LogP contribution in [-0.2, 0) is 11.3 Å². The molecule has 7 nitrogen and oxygen atoms in total. The van der Waals surface area contributed by atoms with E-state index >= 15 is 0 Å². The van der Waals surface area contributed by atoms with Gasteiger partial charge in [0.25, 0.3) is 0 Å². The van der Waals surface area contributed by atoms with Crippen LogP contribution in [0.4, 0.5) is 5.82 Å². The van der Waals surface area contributed by atoms with Crippen LogP contribution in [0.5, 0.6) is 0 Å². The summed E-state index contributed by atoms with van der Waals surface area (Å²) in [6, 6.07) is 1.73. The smallest absolute Gasteiger partial charge is 0.237 e. The zero-order valence-corrected chi connectivity index (χ0v) is 12.7. The van der Waals surface area contributed by atoms with Gasteiger partial charge in [-0.1, -0.05) is 6.92 Å². The fraction of sp³-hybridized carbons (Fsp3) is 0.533. The number of rotatable bonds is 4. The first-order valence-electron chi connectivity index (χ1n) is 7.71. The van der Waals surface area contributed by atoms with Crippen molar-refractivity contribution >= 4 is 22.8 Å². The summed E-state index contributed by atoms with van der Waals surface area (Å²) >= 11 is 0. The monoisotopic (exact) mass is 302 g/mol. The number of anilines is 1. The molecule has 3 rings (SSSR count). The maximum atomic E-state index is 12.2. The highest BCUT2D eigenvalue weighted by Crippen LogP contribution is 2.15. The van der Waals surface area contributed by atoms with Crippen LogP contribution >= 0.6 is 0 Å². The highest BCUT2D eigenvalue weighted by atomic mass is 16.2. The van der Waals surface area contributed by atoms with E-state index in [9.17, 15) is 4.79 Å². The Morgan fingerprint density at radius 1 is 1.55 bits per heavy atom. The van der Waals surface area contributed by atoms with Gasteiger partial charge in [0.15, 0.2) is 0 Å². The molecule has 7 heteroatoms. The topological polar surface area (TPSA) is 97.9 Å². The van der Waals surface area contributed by atoms with Crippen molar-refractivity contribution in [3.8, 4) is 0 Å². The van der Waals surface area contributed by atoms with E-state index in [-0.39, 0.29) is 11.9 Å². The molecule has 0 aromatic carbocycles. The molecule has 1 aliphatic heterocycles. The highest BCUT2D eigenvalue weighted by molar-refractivity contribution is 5.82. The van der Waals surface area contributed by atoms with Crippen LogP contribution in [0.1, 0.15) is 19.8 Å². The van der Waals surface area contributed by atoms with E-state index in [1.807, 2.05) is 4.57 Å². The third-order valence-corrected chi connectivity index (χ3v) is 4.16. The molecule has 1 amide bonds. The third kappa shape index (κ3) is 3.19. The van der Waals surface area contributed by atoms with Crippen LogP contribution < -0.4 is 16.4 Å². The van der Waals surface area contributed by atoms with E-state index in [1.165, 1.54) is 0 Å². The fourth-order valence-electron chi connectivity index (χ4n) is 2.88. The standard InChI is InChI=1S/C15H22N6O/c1-10-2-3-17-11(6-10)15(22)18-4-5-21-9-20-12-8-19-14(16)7-13(12)21/h7-11,17H,2-6H2,1H3,(H2,16,19)(H,18,22)/t10-,11-/m0/s1. The van der Waals surface area contributed by atoms with Gasteiger partial charge in [-0.05, 0) is 25.3 Å². The number of piperidine rings is 1. The predicted molar refractivity (Wildman–Crippen MR) is 85.1 cm³/mol. The molecule has 2 aromatic rings. The van der Waals surface area contributed by atoms with Gasteiger partial charge in [-0.3, -0.25) is 4.79 Å². The SMILES string of the molecule is C[C@H]1CCN[C@H](C(=O)NCCn2cnc3cnc(N)cc32)C1. The summed E-state index contributed by atoms with van der Waals surface area (Å²) in [7, 11) is 0. The molecular formula is C15H22N6O. The van der Waals surface area contributed by atoms with Gasteiger partial charge >= 0.3 is 0 Å². The zero-order valence-electron chi connectivity index (χ0n) is 12.7. The number of nitrogens with one attached hydrogen (secondary N) is 2. The largest absolute Gasteiger partial charge is 0.384 e. The highest BCUT2D eigenvalue weighted by Gasteiger charge is 2.23. The second-order valence-electron chi connectivity index (χ2n) is 5.96. The number of nitrogens with two attached hydrogens (primary N) is 1. The molecule has 1 aliphatic rings.